The Bertz CT molecular complexity index is 635. The summed E-state index contributed by atoms with van der Waals surface area (Å²) in [6, 6.07) is 13.0. The van der Waals surface area contributed by atoms with E-state index in [1.165, 1.54) is 0 Å². The Hall–Kier alpha value is -2.53. The van der Waals surface area contributed by atoms with E-state index in [1.54, 1.807) is 18.2 Å². The molecular formula is C16H20N4O. The summed E-state index contributed by atoms with van der Waals surface area (Å²) in [5, 5.41) is 2.88. The smallest absolute Gasteiger partial charge is 0.255 e. The van der Waals surface area contributed by atoms with Gasteiger partial charge in [0, 0.05) is 31.0 Å². The normalized spacial score (nSPS) is 10.1. The van der Waals surface area contributed by atoms with Crippen LogP contribution >= 0.6 is 0 Å². The van der Waals surface area contributed by atoms with Gasteiger partial charge in [-0.3, -0.25) is 10.6 Å². The first-order valence-electron chi connectivity index (χ1n) is 6.67. The quantitative estimate of drug-likeness (QED) is 0.596. The fourth-order valence-corrected chi connectivity index (χ4v) is 2.01. The number of carbonyl (C=O) groups is 1. The summed E-state index contributed by atoms with van der Waals surface area (Å²) in [6.45, 7) is 1.90. The number of nitrogens with one attached hydrogen (secondary N) is 2. The largest absolute Gasteiger partial charge is 0.378 e. The van der Waals surface area contributed by atoms with Gasteiger partial charge in [0.05, 0.1) is 5.69 Å². The van der Waals surface area contributed by atoms with Crippen LogP contribution in [-0.4, -0.2) is 20.0 Å². The fraction of sp³-hybridized carbons (Fsp3) is 0.188. The van der Waals surface area contributed by atoms with E-state index in [9.17, 15) is 4.79 Å². The molecule has 0 aromatic heterocycles. The Morgan fingerprint density at radius 1 is 1.10 bits per heavy atom. The highest BCUT2D eigenvalue weighted by atomic mass is 16.1. The van der Waals surface area contributed by atoms with Crippen LogP contribution in [-0.2, 0) is 0 Å². The SMILES string of the molecule is Cc1cc(C(=O)Nc2ccc(N(C)C)cc2)ccc1NN. The molecule has 0 bridgehead atoms. The molecule has 1 amide bonds. The molecule has 5 nitrogen and oxygen atoms in total. The van der Waals surface area contributed by atoms with Crippen molar-refractivity contribution in [1.82, 2.24) is 0 Å². The third-order valence-corrected chi connectivity index (χ3v) is 3.29. The molecule has 0 atom stereocenters. The first-order valence-corrected chi connectivity index (χ1v) is 6.67. The second-order valence-electron chi connectivity index (χ2n) is 5.07. The minimum atomic E-state index is -0.140. The van der Waals surface area contributed by atoms with Crippen molar-refractivity contribution in [2.24, 2.45) is 5.84 Å². The lowest BCUT2D eigenvalue weighted by Gasteiger charge is -2.13. The summed E-state index contributed by atoms with van der Waals surface area (Å²) in [6.07, 6.45) is 0. The Balaban J connectivity index is 2.12. The van der Waals surface area contributed by atoms with Crippen molar-refractivity contribution in [3.05, 3.63) is 53.6 Å². The van der Waals surface area contributed by atoms with Crippen LogP contribution in [0, 0.1) is 6.92 Å². The van der Waals surface area contributed by atoms with Gasteiger partial charge in [0.1, 0.15) is 0 Å². The van der Waals surface area contributed by atoms with Crippen LogP contribution in [0.15, 0.2) is 42.5 Å². The van der Waals surface area contributed by atoms with E-state index >= 15 is 0 Å². The highest BCUT2D eigenvalue weighted by molar-refractivity contribution is 6.04. The van der Waals surface area contributed by atoms with E-state index in [-0.39, 0.29) is 5.91 Å². The fourth-order valence-electron chi connectivity index (χ4n) is 2.01. The molecule has 0 aliphatic heterocycles. The van der Waals surface area contributed by atoms with E-state index < -0.39 is 0 Å². The third-order valence-electron chi connectivity index (χ3n) is 3.29. The monoisotopic (exact) mass is 284 g/mol. The van der Waals surface area contributed by atoms with Gasteiger partial charge in [0.15, 0.2) is 0 Å². The minimum Gasteiger partial charge on any atom is -0.378 e. The van der Waals surface area contributed by atoms with Gasteiger partial charge < -0.3 is 15.6 Å². The van der Waals surface area contributed by atoms with Gasteiger partial charge in [-0.25, -0.2) is 0 Å². The molecule has 2 aromatic carbocycles. The van der Waals surface area contributed by atoms with E-state index in [0.29, 0.717) is 5.56 Å². The Kier molecular flexibility index (Phi) is 4.45. The van der Waals surface area contributed by atoms with Gasteiger partial charge in [0.2, 0.25) is 0 Å². The second kappa shape index (κ2) is 6.28. The number of benzene rings is 2. The highest BCUT2D eigenvalue weighted by Crippen LogP contribution is 2.18. The topological polar surface area (TPSA) is 70.4 Å². The van der Waals surface area contributed by atoms with Gasteiger partial charge >= 0.3 is 0 Å². The molecule has 4 N–H and O–H groups in total. The number of amides is 1. The molecule has 5 heteroatoms. The molecule has 0 unspecified atom stereocenters. The zero-order valence-corrected chi connectivity index (χ0v) is 12.5. The summed E-state index contributed by atoms with van der Waals surface area (Å²) < 4.78 is 0. The highest BCUT2D eigenvalue weighted by Gasteiger charge is 2.08. The number of hydrogen-bond donors (Lipinski definition) is 3. The molecule has 0 saturated carbocycles. The van der Waals surface area contributed by atoms with Crippen LogP contribution in [0.4, 0.5) is 17.1 Å². The Morgan fingerprint density at radius 3 is 2.29 bits per heavy atom. The standard InChI is InChI=1S/C16H20N4O/c1-11-10-12(4-9-15(11)19-17)16(21)18-13-5-7-14(8-6-13)20(2)3/h4-10,19H,17H2,1-3H3,(H,18,21). The molecule has 0 radical (unpaired) electrons. The van der Waals surface area contributed by atoms with Crippen LogP contribution in [0.25, 0.3) is 0 Å². The zero-order chi connectivity index (χ0) is 15.4. The Labute approximate surface area is 124 Å². The maximum absolute atomic E-state index is 12.2. The molecule has 0 aliphatic carbocycles. The summed E-state index contributed by atoms with van der Waals surface area (Å²) in [4.78, 5) is 14.2. The number of nitrogens with two attached hydrogens (primary N) is 1. The number of hydrazine groups is 1. The molecule has 0 heterocycles. The van der Waals surface area contributed by atoms with Crippen LogP contribution in [0.5, 0.6) is 0 Å². The predicted molar refractivity (Wildman–Crippen MR) is 87.7 cm³/mol. The van der Waals surface area contributed by atoms with Crippen molar-refractivity contribution in [2.45, 2.75) is 6.92 Å². The van der Waals surface area contributed by atoms with E-state index in [0.717, 1.165) is 22.6 Å². The average molecular weight is 284 g/mol. The summed E-state index contributed by atoms with van der Waals surface area (Å²) in [7, 11) is 3.95. The minimum absolute atomic E-state index is 0.140. The van der Waals surface area contributed by atoms with Crippen molar-refractivity contribution in [3.63, 3.8) is 0 Å². The molecule has 0 saturated heterocycles. The van der Waals surface area contributed by atoms with Crippen LogP contribution in [0.3, 0.4) is 0 Å². The molecule has 21 heavy (non-hydrogen) atoms. The molecule has 2 aromatic rings. The van der Waals surface area contributed by atoms with Gasteiger partial charge in [-0.15, -0.1) is 0 Å². The maximum Gasteiger partial charge on any atom is 0.255 e. The Morgan fingerprint density at radius 2 is 1.76 bits per heavy atom. The average Bonchev–Trinajstić information content (AvgIpc) is 2.47. The van der Waals surface area contributed by atoms with Crippen molar-refractivity contribution < 1.29 is 4.79 Å². The van der Waals surface area contributed by atoms with E-state index in [2.05, 4.69) is 10.7 Å². The number of rotatable bonds is 4. The van der Waals surface area contributed by atoms with Crippen molar-refractivity contribution in [3.8, 4) is 0 Å². The molecule has 0 aliphatic rings. The lowest BCUT2D eigenvalue weighted by molar-refractivity contribution is 0.102. The lowest BCUT2D eigenvalue weighted by Crippen LogP contribution is -2.14. The molecular weight excluding hydrogens is 264 g/mol. The van der Waals surface area contributed by atoms with E-state index in [1.807, 2.05) is 50.2 Å². The first kappa shape index (κ1) is 14.9. The van der Waals surface area contributed by atoms with Crippen LogP contribution in [0.2, 0.25) is 0 Å². The van der Waals surface area contributed by atoms with E-state index in [4.69, 9.17) is 5.84 Å². The number of aryl methyl sites for hydroxylation is 1. The maximum atomic E-state index is 12.2. The third kappa shape index (κ3) is 3.52. The molecule has 0 fully saturated rings. The number of carbonyl (C=O) groups excluding carboxylic acids is 1. The summed E-state index contributed by atoms with van der Waals surface area (Å²) in [5.41, 5.74) is 6.78. The van der Waals surface area contributed by atoms with Gasteiger partial charge in [-0.2, -0.15) is 0 Å². The number of anilines is 3. The van der Waals surface area contributed by atoms with Crippen molar-refractivity contribution in [2.75, 3.05) is 29.7 Å². The van der Waals surface area contributed by atoms with Crippen molar-refractivity contribution in [1.29, 1.82) is 0 Å². The molecule has 110 valence electrons. The lowest BCUT2D eigenvalue weighted by atomic mass is 10.1. The first-order chi connectivity index (χ1) is 10.0. The van der Waals surface area contributed by atoms with Gasteiger partial charge in [0.25, 0.3) is 5.91 Å². The summed E-state index contributed by atoms with van der Waals surface area (Å²) in [5.74, 6) is 5.24. The number of hydrogen-bond acceptors (Lipinski definition) is 4. The van der Waals surface area contributed by atoms with Crippen molar-refractivity contribution >= 4 is 23.0 Å². The summed E-state index contributed by atoms with van der Waals surface area (Å²) >= 11 is 0. The van der Waals surface area contributed by atoms with Gasteiger partial charge in [-0.05, 0) is 55.0 Å². The molecule has 0 spiro atoms. The number of nitrogens with zero attached hydrogens (tertiary/aromatic N) is 1. The second-order valence-corrected chi connectivity index (χ2v) is 5.07. The predicted octanol–water partition coefficient (Wildman–Crippen LogP) is 2.60. The molecule has 2 rings (SSSR count). The number of nitrogen functional groups attached to an aromatic ring is 1. The van der Waals surface area contributed by atoms with Crippen LogP contribution in [0.1, 0.15) is 15.9 Å². The zero-order valence-electron chi connectivity index (χ0n) is 12.5. The van der Waals surface area contributed by atoms with Crippen LogP contribution < -0.4 is 21.5 Å². The van der Waals surface area contributed by atoms with Gasteiger partial charge in [-0.1, -0.05) is 0 Å².